The molecule has 8 unspecified atom stereocenters. The van der Waals surface area contributed by atoms with E-state index in [-0.39, 0.29) is 35.2 Å². The first-order valence-corrected chi connectivity index (χ1v) is 18.0. The van der Waals surface area contributed by atoms with Gasteiger partial charge in [-0.2, -0.15) is 0 Å². The molecule has 0 saturated carbocycles. The lowest BCUT2D eigenvalue weighted by Crippen LogP contribution is -2.63. The third kappa shape index (κ3) is 7.69. The fourth-order valence-electron chi connectivity index (χ4n) is 8.26. The van der Waals surface area contributed by atoms with E-state index in [2.05, 4.69) is 96.6 Å². The van der Waals surface area contributed by atoms with Gasteiger partial charge in [-0.25, -0.2) is 4.39 Å². The van der Waals surface area contributed by atoms with E-state index in [9.17, 15) is 0 Å². The van der Waals surface area contributed by atoms with Crippen molar-refractivity contribution in [3.63, 3.8) is 0 Å². The molecule has 0 spiro atoms. The molecular weight excluding hydrogens is 568 g/mol. The molecule has 6 nitrogen and oxygen atoms in total. The second-order valence-corrected chi connectivity index (χ2v) is 16.7. The first-order valence-electron chi connectivity index (χ1n) is 17.1. The minimum atomic E-state index is -1.00. The van der Waals surface area contributed by atoms with Crippen LogP contribution in [0.5, 0.6) is 0 Å². The van der Waals surface area contributed by atoms with Gasteiger partial charge in [0.25, 0.3) is 0 Å². The standard InChI is InChI=1S/C36H55FN6S/c1-35(2,3)28-16-17-38-30(20-28)29-15-14-25-21-36(4,5)43(23-25)34-27(22-39-44-32-13-9-12-31(40-29)41-32)19-26(33(37)42-34)18-24-10-7-6-8-11-24/h6-8,10-11,16-17,20,25-27,29,31-34,39-42H,9,12-15,18-19,21-23H2,1-5H3/t25-,26?,27?,29?,31?,32?,33?,34?/m0/s1. The zero-order valence-corrected chi connectivity index (χ0v) is 28.3. The lowest BCUT2D eigenvalue weighted by molar-refractivity contribution is -0.0269. The summed E-state index contributed by atoms with van der Waals surface area (Å²) in [7, 11) is 0. The number of halogens is 1. The van der Waals surface area contributed by atoms with Crippen molar-refractivity contribution in [2.45, 2.75) is 127 Å². The van der Waals surface area contributed by atoms with Crippen molar-refractivity contribution in [1.82, 2.24) is 30.6 Å². The van der Waals surface area contributed by atoms with Crippen LogP contribution in [0.1, 0.15) is 102 Å². The highest BCUT2D eigenvalue weighted by Crippen LogP contribution is 2.42. The maximum Gasteiger partial charge on any atom is 0.155 e. The van der Waals surface area contributed by atoms with Crippen LogP contribution in [0.15, 0.2) is 48.7 Å². The molecule has 0 amide bonds. The van der Waals surface area contributed by atoms with Crippen LogP contribution < -0.4 is 20.7 Å². The van der Waals surface area contributed by atoms with Crippen LogP contribution in [0.25, 0.3) is 0 Å². The summed E-state index contributed by atoms with van der Waals surface area (Å²) in [5.41, 5.74) is 3.82. The molecule has 6 rings (SSSR count). The molecule has 4 saturated heterocycles. The van der Waals surface area contributed by atoms with Crippen LogP contribution in [0.3, 0.4) is 0 Å². The number of piperidine rings is 2. The summed E-state index contributed by atoms with van der Waals surface area (Å²) in [4.78, 5) is 7.54. The van der Waals surface area contributed by atoms with Gasteiger partial charge in [0.15, 0.2) is 6.30 Å². The molecule has 9 atom stereocenters. The van der Waals surface area contributed by atoms with Crippen molar-refractivity contribution in [2.24, 2.45) is 17.8 Å². The summed E-state index contributed by atoms with van der Waals surface area (Å²) < 4.78 is 19.7. The molecule has 0 aliphatic carbocycles. The molecule has 1 aromatic carbocycles. The number of nitrogens with one attached hydrogen (secondary N) is 4. The first-order chi connectivity index (χ1) is 21.0. The van der Waals surface area contributed by atoms with Gasteiger partial charge in [-0.1, -0.05) is 63.1 Å². The number of fused-ring (bicyclic) bond motifs is 6. The number of aromatic nitrogens is 1. The topological polar surface area (TPSA) is 64.2 Å². The van der Waals surface area contributed by atoms with E-state index in [1.165, 1.54) is 17.5 Å². The Kier molecular flexibility index (Phi) is 10.1. The van der Waals surface area contributed by atoms with Crippen molar-refractivity contribution >= 4 is 11.9 Å². The molecule has 4 N–H and O–H groups in total. The summed E-state index contributed by atoms with van der Waals surface area (Å²) in [6.45, 7) is 13.5. The second-order valence-electron chi connectivity index (χ2n) is 15.6. The smallest absolute Gasteiger partial charge is 0.155 e. The highest BCUT2D eigenvalue weighted by Gasteiger charge is 2.48. The minimum absolute atomic E-state index is 0.0160. The highest BCUT2D eigenvalue weighted by atomic mass is 32.2. The number of benzene rings is 1. The molecular formula is C36H55FN6S. The fourth-order valence-corrected chi connectivity index (χ4v) is 9.29. The van der Waals surface area contributed by atoms with Gasteiger partial charge in [-0.15, -0.1) is 0 Å². The lowest BCUT2D eigenvalue weighted by atomic mass is 9.82. The van der Waals surface area contributed by atoms with E-state index in [1.54, 1.807) is 0 Å². The molecule has 44 heavy (non-hydrogen) atoms. The van der Waals surface area contributed by atoms with Crippen LogP contribution in [0, 0.1) is 17.8 Å². The number of rotatable bonds is 3. The number of pyridine rings is 1. The Balaban J connectivity index is 1.24. The van der Waals surface area contributed by atoms with E-state index in [4.69, 9.17) is 4.98 Å². The largest absolute Gasteiger partial charge is 0.293 e. The molecule has 4 aliphatic rings. The monoisotopic (exact) mass is 622 g/mol. The molecule has 2 aromatic rings. The van der Waals surface area contributed by atoms with Crippen molar-refractivity contribution in [3.05, 3.63) is 65.5 Å². The van der Waals surface area contributed by atoms with Gasteiger partial charge in [0.05, 0.1) is 29.4 Å². The third-order valence-electron chi connectivity index (χ3n) is 10.7. The number of alkyl halides is 1. The predicted molar refractivity (Wildman–Crippen MR) is 181 cm³/mol. The Labute approximate surface area is 269 Å². The summed E-state index contributed by atoms with van der Waals surface area (Å²) in [6.07, 6.45) is 9.75. The van der Waals surface area contributed by atoms with E-state index in [1.807, 2.05) is 24.2 Å². The normalized spacial score (nSPS) is 36.5. The molecule has 5 heterocycles. The van der Waals surface area contributed by atoms with E-state index >= 15 is 4.39 Å². The van der Waals surface area contributed by atoms with Crippen molar-refractivity contribution in [3.8, 4) is 0 Å². The van der Waals surface area contributed by atoms with Crippen molar-refractivity contribution < 1.29 is 4.39 Å². The van der Waals surface area contributed by atoms with Gasteiger partial charge < -0.3 is 0 Å². The lowest BCUT2D eigenvalue weighted by Gasteiger charge is -2.48. The van der Waals surface area contributed by atoms with Gasteiger partial charge >= 0.3 is 0 Å². The Bertz CT molecular complexity index is 1220. The quantitative estimate of drug-likeness (QED) is 0.226. The second kappa shape index (κ2) is 13.7. The summed E-state index contributed by atoms with van der Waals surface area (Å²) >= 11 is 1.84. The average molecular weight is 623 g/mol. The van der Waals surface area contributed by atoms with E-state index in [0.717, 1.165) is 63.7 Å². The fraction of sp³-hybridized carbons (Fsp3) is 0.694. The molecule has 4 fully saturated rings. The molecule has 4 aliphatic heterocycles. The Hall–Kier alpha value is -1.55. The molecule has 0 radical (unpaired) electrons. The first kappa shape index (κ1) is 32.4. The van der Waals surface area contributed by atoms with Crippen molar-refractivity contribution in [2.75, 3.05) is 13.1 Å². The molecule has 8 heteroatoms. The molecule has 1 aromatic heterocycles. The van der Waals surface area contributed by atoms with Gasteiger partial charge in [0.1, 0.15) is 0 Å². The highest BCUT2D eigenvalue weighted by molar-refractivity contribution is 7.98. The maximum atomic E-state index is 15.9. The van der Waals surface area contributed by atoms with Crippen LogP contribution in [0.4, 0.5) is 4.39 Å². The Morgan fingerprint density at radius 3 is 2.64 bits per heavy atom. The van der Waals surface area contributed by atoms with Gasteiger partial charge in [0, 0.05) is 36.7 Å². The number of nitrogens with zero attached hydrogens (tertiary/aromatic N) is 2. The SMILES string of the molecule is CC(C)(C)c1ccnc(C2CC[C@@H]3CN(C4NC(F)C(Cc5ccccc5)CC4CNSC4CCCC(N4)N2)C(C)(C)C3)c1. The zero-order valence-electron chi connectivity index (χ0n) is 27.5. The number of hydrogen-bond acceptors (Lipinski definition) is 7. The predicted octanol–water partition coefficient (Wildman–Crippen LogP) is 6.66. The van der Waals surface area contributed by atoms with Crippen LogP contribution >= 0.6 is 11.9 Å². The van der Waals surface area contributed by atoms with Crippen LogP contribution in [0.2, 0.25) is 0 Å². The molecule has 242 valence electrons. The summed E-state index contributed by atoms with van der Waals surface area (Å²) in [6, 6.07) is 15.1. The van der Waals surface area contributed by atoms with Gasteiger partial charge in [0.2, 0.25) is 0 Å². The van der Waals surface area contributed by atoms with E-state index < -0.39 is 6.30 Å². The maximum absolute atomic E-state index is 15.9. The summed E-state index contributed by atoms with van der Waals surface area (Å²) in [5, 5.41) is 11.8. The summed E-state index contributed by atoms with van der Waals surface area (Å²) in [5.74, 6) is 0.885. The Morgan fingerprint density at radius 1 is 1.02 bits per heavy atom. The van der Waals surface area contributed by atoms with Crippen LogP contribution in [-0.4, -0.2) is 52.5 Å². The third-order valence-corrected chi connectivity index (χ3v) is 11.7. The average Bonchev–Trinajstić information content (AvgIpc) is 3.30. The van der Waals surface area contributed by atoms with Crippen LogP contribution in [-0.2, 0) is 11.8 Å². The molecule has 4 bridgehead atoms. The van der Waals surface area contributed by atoms with Gasteiger partial charge in [-0.05, 0) is 99.8 Å². The van der Waals surface area contributed by atoms with E-state index in [0.29, 0.717) is 17.2 Å². The number of hydrogen-bond donors (Lipinski definition) is 4. The van der Waals surface area contributed by atoms with Crippen molar-refractivity contribution in [1.29, 1.82) is 0 Å². The Morgan fingerprint density at radius 2 is 1.84 bits per heavy atom. The minimum Gasteiger partial charge on any atom is -0.293 e. The zero-order chi connectivity index (χ0) is 30.9. The van der Waals surface area contributed by atoms with Gasteiger partial charge in [-0.3, -0.25) is 30.6 Å².